The van der Waals surface area contributed by atoms with Gasteiger partial charge >= 0.3 is 0 Å². The molecule has 0 radical (unpaired) electrons. The van der Waals surface area contributed by atoms with Gasteiger partial charge in [-0.15, -0.1) is 0 Å². The third kappa shape index (κ3) is 3.51. The highest BCUT2D eigenvalue weighted by atomic mass is 15.1. The van der Waals surface area contributed by atoms with E-state index in [1.54, 1.807) is 6.20 Å². The number of rotatable bonds is 5. The summed E-state index contributed by atoms with van der Waals surface area (Å²) >= 11 is 0. The van der Waals surface area contributed by atoms with Crippen molar-refractivity contribution in [1.29, 1.82) is 0 Å². The summed E-state index contributed by atoms with van der Waals surface area (Å²) in [7, 11) is 2.12. The number of imidazole rings is 1. The molecular weight excluding hydrogens is 374 g/mol. The molecule has 0 amide bonds. The fourth-order valence-electron chi connectivity index (χ4n) is 3.93. The number of aryl methyl sites for hydroxylation is 1. The molecule has 0 saturated carbocycles. The molecule has 0 fully saturated rings. The van der Waals surface area contributed by atoms with Gasteiger partial charge in [0.25, 0.3) is 0 Å². The van der Waals surface area contributed by atoms with Crippen molar-refractivity contribution >= 4 is 27.9 Å². The Bertz CT molecular complexity index is 1330. The molecule has 5 rings (SSSR count). The molecule has 150 valence electrons. The van der Waals surface area contributed by atoms with Crippen molar-refractivity contribution in [3.8, 4) is 11.3 Å². The molecule has 0 aliphatic carbocycles. The number of nitrogens with two attached hydrogens (primary N) is 1. The Morgan fingerprint density at radius 2 is 1.87 bits per heavy atom. The minimum atomic E-state index is 0.470. The molecule has 7 heteroatoms. The first-order chi connectivity index (χ1) is 14.5. The van der Waals surface area contributed by atoms with Crippen molar-refractivity contribution in [3.63, 3.8) is 0 Å². The number of aromatic nitrogens is 5. The van der Waals surface area contributed by atoms with Crippen LogP contribution in [0.1, 0.15) is 17.0 Å². The molecular formula is C23H23N7. The SMILES string of the molecule is Cc1nc2c(-c3cc4cc(CN(C)Cc5cccnc5)ccc4[nH]3)cc(N)nc2[nH]1. The highest BCUT2D eigenvalue weighted by molar-refractivity contribution is 5.95. The minimum absolute atomic E-state index is 0.470. The van der Waals surface area contributed by atoms with Crippen LogP contribution in [0.2, 0.25) is 0 Å². The molecule has 0 saturated heterocycles. The summed E-state index contributed by atoms with van der Waals surface area (Å²) in [6.45, 7) is 3.63. The Kier molecular flexibility index (Phi) is 4.44. The van der Waals surface area contributed by atoms with E-state index in [2.05, 4.69) is 67.2 Å². The molecule has 0 unspecified atom stereocenters. The molecule has 0 aliphatic heterocycles. The Hall–Kier alpha value is -3.71. The molecule has 4 heterocycles. The Balaban J connectivity index is 1.45. The average Bonchev–Trinajstić information content (AvgIpc) is 3.30. The number of aromatic amines is 2. The van der Waals surface area contributed by atoms with Crippen LogP contribution in [-0.4, -0.2) is 36.9 Å². The van der Waals surface area contributed by atoms with E-state index < -0.39 is 0 Å². The van der Waals surface area contributed by atoms with Crippen LogP contribution in [-0.2, 0) is 13.1 Å². The number of hydrogen-bond donors (Lipinski definition) is 3. The zero-order valence-electron chi connectivity index (χ0n) is 17.0. The smallest absolute Gasteiger partial charge is 0.160 e. The summed E-state index contributed by atoms with van der Waals surface area (Å²) < 4.78 is 0. The van der Waals surface area contributed by atoms with Gasteiger partial charge in [0.15, 0.2) is 5.65 Å². The van der Waals surface area contributed by atoms with Gasteiger partial charge in [0.2, 0.25) is 0 Å². The first-order valence-electron chi connectivity index (χ1n) is 9.87. The number of nitrogen functional groups attached to an aromatic ring is 1. The summed E-state index contributed by atoms with van der Waals surface area (Å²) in [5.41, 5.74) is 13.0. The maximum Gasteiger partial charge on any atom is 0.160 e. The van der Waals surface area contributed by atoms with Crippen molar-refractivity contribution in [2.24, 2.45) is 0 Å². The number of anilines is 1. The fraction of sp³-hybridized carbons (Fsp3) is 0.174. The second kappa shape index (κ2) is 7.27. The van der Waals surface area contributed by atoms with Crippen LogP contribution in [0.15, 0.2) is 54.9 Å². The molecule has 1 aromatic carbocycles. The van der Waals surface area contributed by atoms with Gasteiger partial charge < -0.3 is 15.7 Å². The predicted molar refractivity (Wildman–Crippen MR) is 120 cm³/mol. The number of benzene rings is 1. The third-order valence-corrected chi connectivity index (χ3v) is 5.19. The van der Waals surface area contributed by atoms with E-state index in [4.69, 9.17) is 5.73 Å². The van der Waals surface area contributed by atoms with E-state index in [0.717, 1.165) is 46.6 Å². The van der Waals surface area contributed by atoms with Crippen molar-refractivity contribution in [2.45, 2.75) is 20.0 Å². The Morgan fingerprint density at radius 3 is 2.70 bits per heavy atom. The molecule has 30 heavy (non-hydrogen) atoms. The molecule has 7 nitrogen and oxygen atoms in total. The van der Waals surface area contributed by atoms with Crippen LogP contribution in [0.4, 0.5) is 5.82 Å². The van der Waals surface area contributed by atoms with E-state index >= 15 is 0 Å². The van der Waals surface area contributed by atoms with E-state index in [1.807, 2.05) is 25.3 Å². The summed E-state index contributed by atoms with van der Waals surface area (Å²) in [5.74, 6) is 1.29. The summed E-state index contributed by atoms with van der Waals surface area (Å²) in [6, 6.07) is 14.6. The lowest BCUT2D eigenvalue weighted by molar-refractivity contribution is 0.319. The first-order valence-corrected chi connectivity index (χ1v) is 9.87. The summed E-state index contributed by atoms with van der Waals surface area (Å²) in [5, 5.41) is 1.16. The molecule has 0 aliphatic rings. The zero-order chi connectivity index (χ0) is 20.7. The minimum Gasteiger partial charge on any atom is -0.384 e. The normalized spacial score (nSPS) is 11.7. The van der Waals surface area contributed by atoms with Gasteiger partial charge in [0.05, 0.1) is 0 Å². The predicted octanol–water partition coefficient (Wildman–Crippen LogP) is 4.02. The van der Waals surface area contributed by atoms with Gasteiger partial charge in [-0.3, -0.25) is 9.88 Å². The van der Waals surface area contributed by atoms with Gasteiger partial charge in [-0.25, -0.2) is 9.97 Å². The van der Waals surface area contributed by atoms with Crippen LogP contribution >= 0.6 is 0 Å². The van der Waals surface area contributed by atoms with E-state index in [-0.39, 0.29) is 0 Å². The number of nitrogens with zero attached hydrogens (tertiary/aromatic N) is 4. The van der Waals surface area contributed by atoms with Crippen LogP contribution in [0.25, 0.3) is 33.3 Å². The number of fused-ring (bicyclic) bond motifs is 2. The maximum atomic E-state index is 6.03. The second-order valence-electron chi connectivity index (χ2n) is 7.75. The topological polar surface area (TPSA) is 99.5 Å². The van der Waals surface area contributed by atoms with Gasteiger partial charge in [-0.2, -0.15) is 0 Å². The molecule has 0 bridgehead atoms. The molecule has 5 aromatic rings. The van der Waals surface area contributed by atoms with Crippen LogP contribution in [0.5, 0.6) is 0 Å². The Labute approximate surface area is 174 Å². The number of H-pyrrole nitrogens is 2. The summed E-state index contributed by atoms with van der Waals surface area (Å²) in [6.07, 6.45) is 3.71. The van der Waals surface area contributed by atoms with Crippen LogP contribution in [0, 0.1) is 6.92 Å². The van der Waals surface area contributed by atoms with E-state index in [9.17, 15) is 0 Å². The van der Waals surface area contributed by atoms with Crippen molar-refractivity contribution in [2.75, 3.05) is 12.8 Å². The standard InChI is InChI=1S/C23H23N7/c1-14-26-22-18(10-21(24)29-23(22)27-14)20-9-17-8-15(5-6-19(17)28-20)12-30(2)13-16-4-3-7-25-11-16/h3-11,28H,12-13H2,1-2H3,(H3,24,26,27,29). The zero-order valence-corrected chi connectivity index (χ0v) is 17.0. The van der Waals surface area contributed by atoms with Crippen molar-refractivity contribution < 1.29 is 0 Å². The van der Waals surface area contributed by atoms with Gasteiger partial charge in [-0.05, 0) is 55.4 Å². The fourth-order valence-corrected chi connectivity index (χ4v) is 3.93. The number of pyridine rings is 2. The molecule has 0 spiro atoms. The van der Waals surface area contributed by atoms with Gasteiger partial charge in [-0.1, -0.05) is 12.1 Å². The lowest BCUT2D eigenvalue weighted by atomic mass is 10.1. The second-order valence-corrected chi connectivity index (χ2v) is 7.75. The monoisotopic (exact) mass is 397 g/mol. The average molecular weight is 397 g/mol. The van der Waals surface area contributed by atoms with Crippen molar-refractivity contribution in [1.82, 2.24) is 29.8 Å². The molecule has 4 N–H and O–H groups in total. The van der Waals surface area contributed by atoms with E-state index in [1.165, 1.54) is 11.1 Å². The number of nitrogens with one attached hydrogen (secondary N) is 2. The molecule has 4 aromatic heterocycles. The van der Waals surface area contributed by atoms with Crippen molar-refractivity contribution in [3.05, 3.63) is 71.8 Å². The highest BCUT2D eigenvalue weighted by Gasteiger charge is 2.13. The van der Waals surface area contributed by atoms with Crippen LogP contribution < -0.4 is 5.73 Å². The van der Waals surface area contributed by atoms with Gasteiger partial charge in [0.1, 0.15) is 17.2 Å². The largest absolute Gasteiger partial charge is 0.384 e. The lowest BCUT2D eigenvalue weighted by Crippen LogP contribution is -2.17. The lowest BCUT2D eigenvalue weighted by Gasteiger charge is -2.16. The van der Waals surface area contributed by atoms with Gasteiger partial charge in [0, 0.05) is 47.6 Å². The third-order valence-electron chi connectivity index (χ3n) is 5.19. The summed E-state index contributed by atoms with van der Waals surface area (Å²) in [4.78, 5) is 22.1. The number of hydrogen-bond acceptors (Lipinski definition) is 5. The highest BCUT2D eigenvalue weighted by Crippen LogP contribution is 2.30. The van der Waals surface area contributed by atoms with E-state index in [0.29, 0.717) is 11.5 Å². The quantitative estimate of drug-likeness (QED) is 0.416. The maximum absolute atomic E-state index is 6.03. The molecule has 0 atom stereocenters. The Morgan fingerprint density at radius 1 is 1.00 bits per heavy atom. The van der Waals surface area contributed by atoms with Crippen LogP contribution in [0.3, 0.4) is 0 Å². The first kappa shape index (κ1) is 18.3.